The molecule has 26 heavy (non-hydrogen) atoms. The third-order valence-electron chi connectivity index (χ3n) is 4.03. The highest BCUT2D eigenvalue weighted by molar-refractivity contribution is 7.92. The fraction of sp³-hybridized carbons (Fsp3) is 0.250. The van der Waals surface area contributed by atoms with E-state index in [4.69, 9.17) is 0 Å². The summed E-state index contributed by atoms with van der Waals surface area (Å²) >= 11 is 0. The van der Waals surface area contributed by atoms with Crippen LogP contribution in [-0.4, -0.2) is 27.1 Å². The number of carbonyl (C=O) groups is 1. The van der Waals surface area contributed by atoms with Gasteiger partial charge in [0.05, 0.1) is 24.5 Å². The number of carbonyl (C=O) groups excluding carboxylic acids is 1. The first-order valence-corrected chi connectivity index (χ1v) is 10.3. The van der Waals surface area contributed by atoms with E-state index in [0.717, 1.165) is 18.2 Å². The molecule has 2 aromatic carbocycles. The van der Waals surface area contributed by atoms with Crippen LogP contribution in [0, 0.1) is 0 Å². The molecule has 2 aromatic rings. The summed E-state index contributed by atoms with van der Waals surface area (Å²) in [4.78, 5) is 12.5. The quantitative estimate of drug-likeness (QED) is 0.721. The van der Waals surface area contributed by atoms with Crippen LogP contribution in [0.4, 0.5) is 5.69 Å². The summed E-state index contributed by atoms with van der Waals surface area (Å²) in [7, 11) is -3.41. The van der Waals surface area contributed by atoms with Crippen LogP contribution in [0.2, 0.25) is 0 Å². The molecule has 2 rings (SSSR count). The Balaban J connectivity index is 2.16. The first-order valence-electron chi connectivity index (χ1n) is 8.41. The van der Waals surface area contributed by atoms with Gasteiger partial charge in [0.15, 0.2) is 0 Å². The molecule has 1 amide bonds. The van der Waals surface area contributed by atoms with Crippen molar-refractivity contribution in [2.45, 2.75) is 19.4 Å². The van der Waals surface area contributed by atoms with Crippen molar-refractivity contribution >= 4 is 21.6 Å². The average molecular weight is 372 g/mol. The lowest BCUT2D eigenvalue weighted by atomic mass is 10.0. The van der Waals surface area contributed by atoms with Crippen molar-refractivity contribution in [1.29, 1.82) is 0 Å². The minimum Gasteiger partial charge on any atom is -0.345 e. The van der Waals surface area contributed by atoms with Crippen molar-refractivity contribution in [1.82, 2.24) is 5.32 Å². The van der Waals surface area contributed by atoms with E-state index < -0.39 is 10.0 Å². The third kappa shape index (κ3) is 4.95. The van der Waals surface area contributed by atoms with E-state index >= 15 is 0 Å². The van der Waals surface area contributed by atoms with E-state index in [2.05, 4.69) is 11.9 Å². The summed E-state index contributed by atoms with van der Waals surface area (Å²) in [5, 5.41) is 3.02. The normalized spacial score (nSPS) is 12.2. The van der Waals surface area contributed by atoms with Crippen LogP contribution in [-0.2, 0) is 10.0 Å². The smallest absolute Gasteiger partial charge is 0.251 e. The molecule has 1 atom stereocenters. The molecule has 0 aliphatic rings. The molecular formula is C20H24N2O3S. The van der Waals surface area contributed by atoms with Crippen LogP contribution in [0.3, 0.4) is 0 Å². The van der Waals surface area contributed by atoms with E-state index in [9.17, 15) is 13.2 Å². The molecule has 0 radical (unpaired) electrons. The number of nitrogens with zero attached hydrogens (tertiary/aromatic N) is 1. The second-order valence-electron chi connectivity index (χ2n) is 5.97. The summed E-state index contributed by atoms with van der Waals surface area (Å²) in [6.07, 6.45) is 3.44. The van der Waals surface area contributed by atoms with Crippen molar-refractivity contribution in [3.63, 3.8) is 0 Å². The molecule has 0 aliphatic carbocycles. The average Bonchev–Trinajstić information content (AvgIpc) is 2.64. The Morgan fingerprint density at radius 3 is 2.27 bits per heavy atom. The molecule has 0 saturated carbocycles. The number of nitrogens with one attached hydrogen (secondary N) is 1. The maximum absolute atomic E-state index is 12.5. The Labute approximate surface area is 155 Å². The molecule has 0 fully saturated rings. The Morgan fingerprint density at radius 1 is 1.15 bits per heavy atom. The van der Waals surface area contributed by atoms with Gasteiger partial charge in [0, 0.05) is 5.56 Å². The van der Waals surface area contributed by atoms with Gasteiger partial charge in [-0.3, -0.25) is 9.10 Å². The van der Waals surface area contributed by atoms with Gasteiger partial charge >= 0.3 is 0 Å². The Kier molecular flexibility index (Phi) is 6.58. The number of hydrogen-bond donors (Lipinski definition) is 1. The maximum Gasteiger partial charge on any atom is 0.251 e. The molecule has 6 heteroatoms. The lowest BCUT2D eigenvalue weighted by Gasteiger charge is -2.21. The van der Waals surface area contributed by atoms with Gasteiger partial charge in [-0.15, -0.1) is 6.58 Å². The van der Waals surface area contributed by atoms with Gasteiger partial charge in [0.1, 0.15) is 0 Å². The molecule has 0 heterocycles. The van der Waals surface area contributed by atoms with Gasteiger partial charge in [-0.1, -0.05) is 43.3 Å². The minimum atomic E-state index is -3.41. The zero-order valence-electron chi connectivity index (χ0n) is 15.1. The number of hydrogen-bond acceptors (Lipinski definition) is 3. The van der Waals surface area contributed by atoms with E-state index in [-0.39, 0.29) is 18.5 Å². The van der Waals surface area contributed by atoms with Crippen molar-refractivity contribution in [2.75, 3.05) is 17.1 Å². The Bertz CT molecular complexity index is 846. The molecule has 1 N–H and O–H groups in total. The van der Waals surface area contributed by atoms with Gasteiger partial charge in [-0.25, -0.2) is 8.42 Å². The fourth-order valence-electron chi connectivity index (χ4n) is 2.68. The highest BCUT2D eigenvalue weighted by Gasteiger charge is 2.17. The van der Waals surface area contributed by atoms with Gasteiger partial charge in [-0.2, -0.15) is 0 Å². The summed E-state index contributed by atoms with van der Waals surface area (Å²) in [6, 6.07) is 16.2. The summed E-state index contributed by atoms with van der Waals surface area (Å²) < 4.78 is 25.0. The Hall–Kier alpha value is -2.60. The molecule has 5 nitrogen and oxygen atoms in total. The van der Waals surface area contributed by atoms with Gasteiger partial charge in [-0.05, 0) is 36.2 Å². The Morgan fingerprint density at radius 2 is 1.77 bits per heavy atom. The van der Waals surface area contributed by atoms with Crippen LogP contribution in [0.1, 0.15) is 35.3 Å². The van der Waals surface area contributed by atoms with Crippen molar-refractivity contribution < 1.29 is 13.2 Å². The topological polar surface area (TPSA) is 66.5 Å². The number of sulfonamides is 1. The number of amides is 1. The van der Waals surface area contributed by atoms with E-state index in [1.807, 2.05) is 37.3 Å². The summed E-state index contributed by atoms with van der Waals surface area (Å²) in [5.74, 6) is -0.193. The lowest BCUT2D eigenvalue weighted by molar-refractivity contribution is 0.0935. The van der Waals surface area contributed by atoms with E-state index in [1.165, 1.54) is 10.4 Å². The zero-order chi connectivity index (χ0) is 19.2. The summed E-state index contributed by atoms with van der Waals surface area (Å²) in [5.41, 5.74) is 2.03. The predicted octanol–water partition coefficient (Wildman–Crippen LogP) is 3.52. The third-order valence-corrected chi connectivity index (χ3v) is 5.19. The number of anilines is 1. The van der Waals surface area contributed by atoms with Crippen LogP contribution in [0.25, 0.3) is 0 Å². The minimum absolute atomic E-state index is 0.0725. The number of rotatable bonds is 8. The molecule has 138 valence electrons. The highest BCUT2D eigenvalue weighted by atomic mass is 32.2. The molecule has 0 aliphatic heterocycles. The molecule has 0 unspecified atom stereocenters. The maximum atomic E-state index is 12.5. The van der Waals surface area contributed by atoms with Gasteiger partial charge in [0.25, 0.3) is 5.91 Å². The number of benzene rings is 2. The van der Waals surface area contributed by atoms with E-state index in [1.54, 1.807) is 24.3 Å². The largest absolute Gasteiger partial charge is 0.345 e. The molecule has 0 aromatic heterocycles. The molecule has 0 saturated heterocycles. The molecule has 0 bridgehead atoms. The standard InChI is InChI=1S/C20H24N2O3S/c1-4-15-22(26(3,24)25)18-13-11-17(12-14-18)20(23)21-19(5-2)16-9-7-6-8-10-16/h4,6-14,19H,1,5,15H2,2-3H3,(H,21,23)/t19-/m1/s1. The van der Waals surface area contributed by atoms with Crippen LogP contribution in [0.5, 0.6) is 0 Å². The van der Waals surface area contributed by atoms with Crippen LogP contribution >= 0.6 is 0 Å². The monoisotopic (exact) mass is 372 g/mol. The SMILES string of the molecule is C=CCN(c1ccc(C(=O)N[C@H](CC)c2ccccc2)cc1)S(C)(=O)=O. The first-order chi connectivity index (χ1) is 12.4. The second kappa shape index (κ2) is 8.67. The second-order valence-corrected chi connectivity index (χ2v) is 7.88. The van der Waals surface area contributed by atoms with Crippen molar-refractivity contribution in [2.24, 2.45) is 0 Å². The van der Waals surface area contributed by atoms with Crippen molar-refractivity contribution in [3.8, 4) is 0 Å². The van der Waals surface area contributed by atoms with Crippen molar-refractivity contribution in [3.05, 3.63) is 78.4 Å². The van der Waals surface area contributed by atoms with Gasteiger partial charge < -0.3 is 5.32 Å². The van der Waals surface area contributed by atoms with E-state index in [0.29, 0.717) is 11.3 Å². The first kappa shape index (κ1) is 19.7. The summed E-state index contributed by atoms with van der Waals surface area (Å²) in [6.45, 7) is 5.78. The van der Waals surface area contributed by atoms with Gasteiger partial charge in [0.2, 0.25) is 10.0 Å². The fourth-order valence-corrected chi connectivity index (χ4v) is 3.56. The van der Waals surface area contributed by atoms with Crippen LogP contribution < -0.4 is 9.62 Å². The van der Waals surface area contributed by atoms with Crippen LogP contribution in [0.15, 0.2) is 67.3 Å². The molecular weight excluding hydrogens is 348 g/mol. The highest BCUT2D eigenvalue weighted by Crippen LogP contribution is 2.20. The zero-order valence-corrected chi connectivity index (χ0v) is 15.9. The predicted molar refractivity (Wildman–Crippen MR) is 106 cm³/mol. The molecule has 0 spiro atoms. The lowest BCUT2D eigenvalue weighted by Crippen LogP contribution is -2.30.